The first-order valence-corrected chi connectivity index (χ1v) is 10.7. The van der Waals surface area contributed by atoms with Crippen LogP contribution in [-0.4, -0.2) is 42.7 Å². The second kappa shape index (κ2) is 12.9. The zero-order valence-electron chi connectivity index (χ0n) is 17.7. The van der Waals surface area contributed by atoms with Crippen molar-refractivity contribution in [2.75, 3.05) is 30.9 Å². The van der Waals surface area contributed by atoms with Gasteiger partial charge in [0.1, 0.15) is 18.5 Å². The average molecular weight is 448 g/mol. The van der Waals surface area contributed by atoms with Crippen molar-refractivity contribution in [3.63, 3.8) is 0 Å². The molecule has 2 N–H and O–H groups in total. The normalized spacial score (nSPS) is 12.5. The molecule has 2 aromatic carbocycles. The van der Waals surface area contributed by atoms with Gasteiger partial charge in [-0.15, -0.1) is 0 Å². The zero-order chi connectivity index (χ0) is 22.6. The van der Waals surface area contributed by atoms with Gasteiger partial charge in [-0.05, 0) is 43.2 Å². The predicted octanol–water partition coefficient (Wildman–Crippen LogP) is 4.16. The highest BCUT2D eigenvalue weighted by molar-refractivity contribution is 7.81. The van der Waals surface area contributed by atoms with Crippen LogP contribution in [0.4, 0.5) is 10.5 Å². The minimum absolute atomic E-state index is 0.0114. The smallest absolute Gasteiger partial charge is 0.412 e. The lowest BCUT2D eigenvalue weighted by molar-refractivity contribution is -0.141. The van der Waals surface area contributed by atoms with E-state index in [9.17, 15) is 9.59 Å². The van der Waals surface area contributed by atoms with Crippen LogP contribution in [0, 0.1) is 12.8 Å². The fourth-order valence-corrected chi connectivity index (χ4v) is 3.00. The minimum atomic E-state index is -0.599. The molecule has 0 radical (unpaired) electrons. The summed E-state index contributed by atoms with van der Waals surface area (Å²) < 4.78 is 16.4. The largest absolute Gasteiger partial charge is 0.491 e. The van der Waals surface area contributed by atoms with Crippen molar-refractivity contribution in [1.82, 2.24) is 0 Å². The first-order chi connectivity index (χ1) is 14.9. The van der Waals surface area contributed by atoms with Crippen LogP contribution < -0.4 is 10.1 Å². The third-order valence-corrected chi connectivity index (χ3v) is 4.82. The summed E-state index contributed by atoms with van der Waals surface area (Å²) >= 11 is 3.89. The van der Waals surface area contributed by atoms with Gasteiger partial charge in [0.05, 0.1) is 19.0 Å². The van der Waals surface area contributed by atoms with Gasteiger partial charge in [-0.1, -0.05) is 36.8 Å². The highest BCUT2D eigenvalue weighted by Crippen LogP contribution is 2.31. The van der Waals surface area contributed by atoms with E-state index in [1.807, 2.05) is 32.0 Å². The molecular formula is C23H29NO6S. The monoisotopic (exact) mass is 447 g/mol. The molecule has 0 saturated carbocycles. The van der Waals surface area contributed by atoms with E-state index in [1.54, 1.807) is 30.3 Å². The van der Waals surface area contributed by atoms with E-state index in [0.29, 0.717) is 17.9 Å². The van der Waals surface area contributed by atoms with Gasteiger partial charge in [-0.3, -0.25) is 10.1 Å². The Morgan fingerprint density at radius 1 is 1.13 bits per heavy atom. The Bertz CT molecular complexity index is 842. The predicted molar refractivity (Wildman–Crippen MR) is 122 cm³/mol. The number of benzene rings is 2. The number of carbonyl (C=O) groups is 2. The van der Waals surface area contributed by atoms with Gasteiger partial charge in [0, 0.05) is 11.6 Å². The van der Waals surface area contributed by atoms with Crippen LogP contribution >= 0.6 is 12.6 Å². The summed E-state index contributed by atoms with van der Waals surface area (Å²) in [5, 5.41) is 11.7. The molecule has 0 heterocycles. The van der Waals surface area contributed by atoms with Gasteiger partial charge in [-0.25, -0.2) is 4.79 Å². The van der Waals surface area contributed by atoms with Crippen LogP contribution in [0.3, 0.4) is 0 Å². The summed E-state index contributed by atoms with van der Waals surface area (Å²) in [5.74, 6) is 0.0271. The van der Waals surface area contributed by atoms with Gasteiger partial charge in [0.25, 0.3) is 0 Å². The highest BCUT2D eigenvalue weighted by atomic mass is 32.1. The fourth-order valence-electron chi connectivity index (χ4n) is 2.91. The number of hydrogen-bond donors (Lipinski definition) is 3. The average Bonchev–Trinajstić information content (AvgIpc) is 2.77. The van der Waals surface area contributed by atoms with Crippen molar-refractivity contribution in [2.24, 2.45) is 5.92 Å². The number of aryl methyl sites for hydroxylation is 1. The first-order valence-electron chi connectivity index (χ1n) is 10.1. The molecule has 0 aliphatic carbocycles. The van der Waals surface area contributed by atoms with Crippen molar-refractivity contribution in [3.8, 4) is 5.75 Å². The number of nitrogens with one attached hydrogen (secondary N) is 1. The molecule has 0 fully saturated rings. The summed E-state index contributed by atoms with van der Waals surface area (Å²) in [6, 6.07) is 14.6. The van der Waals surface area contributed by atoms with E-state index >= 15 is 0 Å². The molecular weight excluding hydrogens is 418 g/mol. The maximum Gasteiger partial charge on any atom is 0.412 e. The standard InChI is InChI=1S/C23H29NO6S/c1-16-6-8-19(9-7-16)24-23(27)30-22(17(2)10-12-29-21(26)15-31)18-4-3-5-20(14-18)28-13-11-25/h3-9,14,17,22,25,31H,10-13,15H2,1-2H3,(H,24,27)/t17-,22-/m1/s1. The lowest BCUT2D eigenvalue weighted by Crippen LogP contribution is -2.23. The van der Waals surface area contributed by atoms with Crippen molar-refractivity contribution < 1.29 is 28.9 Å². The summed E-state index contributed by atoms with van der Waals surface area (Å²) in [6.07, 6.45) is -0.698. The number of aliphatic hydroxyl groups is 1. The molecule has 7 nitrogen and oxygen atoms in total. The van der Waals surface area contributed by atoms with Gasteiger partial charge < -0.3 is 19.3 Å². The van der Waals surface area contributed by atoms with Crippen LogP contribution in [0.2, 0.25) is 0 Å². The molecule has 8 heteroatoms. The number of ether oxygens (including phenoxy) is 3. The Morgan fingerprint density at radius 3 is 2.55 bits per heavy atom. The molecule has 0 aliphatic rings. The van der Waals surface area contributed by atoms with Gasteiger partial charge in [-0.2, -0.15) is 12.6 Å². The maximum atomic E-state index is 12.6. The zero-order valence-corrected chi connectivity index (χ0v) is 18.6. The number of carbonyl (C=O) groups excluding carboxylic acids is 2. The van der Waals surface area contributed by atoms with E-state index < -0.39 is 18.2 Å². The lowest BCUT2D eigenvalue weighted by atomic mass is 9.94. The fraction of sp³-hybridized carbons (Fsp3) is 0.391. The second-order valence-electron chi connectivity index (χ2n) is 7.11. The molecule has 0 spiro atoms. The van der Waals surface area contributed by atoms with E-state index in [0.717, 1.165) is 11.1 Å². The number of esters is 1. The van der Waals surface area contributed by atoms with Crippen molar-refractivity contribution >= 4 is 30.4 Å². The molecule has 1 amide bonds. The summed E-state index contributed by atoms with van der Waals surface area (Å²) in [4.78, 5) is 23.9. The number of thiol groups is 1. The number of rotatable bonds is 11. The van der Waals surface area contributed by atoms with E-state index in [-0.39, 0.29) is 31.5 Å². The molecule has 2 aromatic rings. The number of anilines is 1. The van der Waals surface area contributed by atoms with Gasteiger partial charge in [0.15, 0.2) is 0 Å². The van der Waals surface area contributed by atoms with Gasteiger partial charge in [0.2, 0.25) is 0 Å². The maximum absolute atomic E-state index is 12.6. The van der Waals surface area contributed by atoms with E-state index in [2.05, 4.69) is 17.9 Å². The van der Waals surface area contributed by atoms with E-state index in [4.69, 9.17) is 19.3 Å². The minimum Gasteiger partial charge on any atom is -0.491 e. The van der Waals surface area contributed by atoms with Crippen LogP contribution in [0.25, 0.3) is 0 Å². The Kier molecular flexibility index (Phi) is 10.2. The Hall–Kier alpha value is -2.71. The number of hydrogen-bond acceptors (Lipinski definition) is 7. The van der Waals surface area contributed by atoms with Crippen LogP contribution in [0.5, 0.6) is 5.75 Å². The van der Waals surface area contributed by atoms with Crippen molar-refractivity contribution in [1.29, 1.82) is 0 Å². The van der Waals surface area contributed by atoms with Crippen molar-refractivity contribution in [2.45, 2.75) is 26.4 Å². The number of amides is 1. The summed E-state index contributed by atoms with van der Waals surface area (Å²) in [5.41, 5.74) is 2.45. The first kappa shape index (κ1) is 24.6. The molecule has 168 valence electrons. The van der Waals surface area contributed by atoms with Gasteiger partial charge >= 0.3 is 12.1 Å². The molecule has 0 bridgehead atoms. The molecule has 31 heavy (non-hydrogen) atoms. The molecule has 2 atom stereocenters. The van der Waals surface area contributed by atoms with Crippen LogP contribution in [-0.2, 0) is 14.3 Å². The Morgan fingerprint density at radius 2 is 1.87 bits per heavy atom. The quantitative estimate of drug-likeness (QED) is 0.354. The van der Waals surface area contributed by atoms with E-state index in [1.165, 1.54) is 0 Å². The third-order valence-electron chi connectivity index (χ3n) is 4.56. The summed E-state index contributed by atoms with van der Waals surface area (Å²) in [6.45, 7) is 4.14. The number of aliphatic hydroxyl groups excluding tert-OH is 1. The topological polar surface area (TPSA) is 94.1 Å². The Balaban J connectivity index is 2.13. The highest BCUT2D eigenvalue weighted by Gasteiger charge is 2.25. The molecule has 0 unspecified atom stereocenters. The molecule has 0 aromatic heterocycles. The summed E-state index contributed by atoms with van der Waals surface area (Å²) in [7, 11) is 0. The Labute approximate surface area is 188 Å². The van der Waals surface area contributed by atoms with Crippen molar-refractivity contribution in [3.05, 3.63) is 59.7 Å². The SMILES string of the molecule is Cc1ccc(NC(=O)O[C@@H](c2cccc(OCCO)c2)[C@H](C)CCOC(=O)CS)cc1. The molecule has 2 rings (SSSR count). The molecule has 0 saturated heterocycles. The molecule has 0 aliphatic heterocycles. The second-order valence-corrected chi connectivity index (χ2v) is 7.42. The van der Waals surface area contributed by atoms with Crippen LogP contribution in [0.1, 0.15) is 30.6 Å². The van der Waals surface area contributed by atoms with Crippen LogP contribution in [0.15, 0.2) is 48.5 Å². The lowest BCUT2D eigenvalue weighted by Gasteiger charge is -2.25. The third kappa shape index (κ3) is 8.51.